The van der Waals surface area contributed by atoms with E-state index < -0.39 is 57.1 Å². The van der Waals surface area contributed by atoms with Crippen LogP contribution in [0.15, 0.2) is 77.8 Å². The zero-order valence-corrected chi connectivity index (χ0v) is 28.5. The van der Waals surface area contributed by atoms with E-state index in [9.17, 15) is 36.0 Å². The molecular weight excluding hydrogens is 701 g/mol. The average molecular weight is 733 g/mol. The third-order valence-corrected chi connectivity index (χ3v) is 11.0. The smallest absolute Gasteiger partial charge is 0.491 e. The van der Waals surface area contributed by atoms with Crippen LogP contribution in [-0.4, -0.2) is 61.2 Å². The van der Waals surface area contributed by atoms with Crippen molar-refractivity contribution in [1.82, 2.24) is 9.88 Å². The lowest BCUT2D eigenvalue weighted by Crippen LogP contribution is -2.40. The standard InChI is InChI=1S/C34H32ClF3N4O7S/c1-18(2)50(46,47)27-7-5-4-6-23(27)29-24(32(44)49-33(45)34(36,37)38)13-15-42(29)31(43)28(20-8-11-25(35)26(17-20)48-3)41-21-9-10-22-19(16-21)12-14-40-30(22)39/h4-12,14,16-18,24,28-29,41H,13,15H2,1-3H3,(H2,39,40)/t24?,28-,29?/m0/s1. The van der Waals surface area contributed by atoms with E-state index in [1.807, 2.05) is 0 Å². The first-order valence-corrected chi connectivity index (χ1v) is 17.2. The number of nitrogen functional groups attached to an aromatic ring is 1. The maximum atomic E-state index is 14.8. The molecule has 50 heavy (non-hydrogen) atoms. The highest BCUT2D eigenvalue weighted by Gasteiger charge is 2.49. The fourth-order valence-corrected chi connectivity index (χ4v) is 7.39. The third-order valence-electron chi connectivity index (χ3n) is 8.43. The van der Waals surface area contributed by atoms with Gasteiger partial charge in [0, 0.05) is 23.8 Å². The Balaban J connectivity index is 1.64. The number of amides is 1. The number of aromatic nitrogens is 1. The van der Waals surface area contributed by atoms with Gasteiger partial charge in [0.1, 0.15) is 17.6 Å². The van der Waals surface area contributed by atoms with Gasteiger partial charge in [-0.2, -0.15) is 13.2 Å². The summed E-state index contributed by atoms with van der Waals surface area (Å²) in [5, 5.41) is 3.88. The van der Waals surface area contributed by atoms with Crippen molar-refractivity contribution in [3.8, 4) is 5.75 Å². The molecule has 0 saturated carbocycles. The molecule has 11 nitrogen and oxygen atoms in total. The van der Waals surface area contributed by atoms with Crippen molar-refractivity contribution in [3.63, 3.8) is 0 Å². The van der Waals surface area contributed by atoms with Crippen LogP contribution in [0.1, 0.15) is 43.5 Å². The quantitative estimate of drug-likeness (QED) is 0.154. The lowest BCUT2D eigenvalue weighted by atomic mass is 9.93. The topological polar surface area (TPSA) is 158 Å². The molecule has 16 heteroatoms. The Labute approximate surface area is 290 Å². The number of likely N-dealkylation sites (tertiary alicyclic amines) is 1. The van der Waals surface area contributed by atoms with Gasteiger partial charge in [-0.15, -0.1) is 0 Å². The monoisotopic (exact) mass is 732 g/mol. The molecule has 0 spiro atoms. The normalized spacial score (nSPS) is 17.1. The van der Waals surface area contributed by atoms with Crippen LogP contribution in [-0.2, 0) is 29.0 Å². The summed E-state index contributed by atoms with van der Waals surface area (Å²) in [6, 6.07) is 14.4. The van der Waals surface area contributed by atoms with Gasteiger partial charge in [0.15, 0.2) is 9.84 Å². The zero-order valence-electron chi connectivity index (χ0n) is 26.9. The van der Waals surface area contributed by atoms with Crippen LogP contribution in [0.25, 0.3) is 10.8 Å². The van der Waals surface area contributed by atoms with Crippen molar-refractivity contribution < 1.29 is 45.4 Å². The molecule has 3 atom stereocenters. The largest absolute Gasteiger partial charge is 0.495 e. The fraction of sp³-hybridized carbons (Fsp3) is 0.294. The van der Waals surface area contributed by atoms with Crippen LogP contribution >= 0.6 is 11.6 Å². The number of sulfone groups is 1. The minimum atomic E-state index is -5.47. The van der Waals surface area contributed by atoms with Crippen LogP contribution in [0.2, 0.25) is 5.02 Å². The van der Waals surface area contributed by atoms with Crippen LogP contribution in [0.4, 0.5) is 24.7 Å². The Morgan fingerprint density at radius 1 is 1.06 bits per heavy atom. The number of methoxy groups -OCH3 is 1. The van der Waals surface area contributed by atoms with Crippen LogP contribution in [0, 0.1) is 5.92 Å². The van der Waals surface area contributed by atoms with E-state index in [0.717, 1.165) is 0 Å². The number of hydrogen-bond donors (Lipinski definition) is 2. The summed E-state index contributed by atoms with van der Waals surface area (Å²) >= 11 is 6.29. The summed E-state index contributed by atoms with van der Waals surface area (Å²) < 4.78 is 76.1. The average Bonchev–Trinajstić information content (AvgIpc) is 3.52. The van der Waals surface area contributed by atoms with Gasteiger partial charge in [-0.1, -0.05) is 35.9 Å². The SMILES string of the molecule is COc1cc([C@H](Nc2ccc3c(N)nccc3c2)C(=O)N2CCC(C(=O)OC(=O)C(F)(F)F)C2c2ccccc2S(=O)(=O)C(C)C)ccc1Cl. The Morgan fingerprint density at radius 3 is 2.46 bits per heavy atom. The molecule has 4 aromatic rings. The lowest BCUT2D eigenvalue weighted by Gasteiger charge is -2.33. The maximum Gasteiger partial charge on any atom is 0.491 e. The molecule has 264 valence electrons. The number of nitrogens with one attached hydrogen (secondary N) is 1. The molecule has 1 aliphatic rings. The summed E-state index contributed by atoms with van der Waals surface area (Å²) in [7, 11) is -2.66. The molecule has 0 radical (unpaired) electrons. The lowest BCUT2D eigenvalue weighted by molar-refractivity contribution is -0.203. The molecule has 3 aromatic carbocycles. The van der Waals surface area contributed by atoms with E-state index in [4.69, 9.17) is 22.1 Å². The highest BCUT2D eigenvalue weighted by atomic mass is 35.5. The maximum absolute atomic E-state index is 14.8. The van der Waals surface area contributed by atoms with Gasteiger partial charge in [-0.25, -0.2) is 18.2 Å². The van der Waals surface area contributed by atoms with Gasteiger partial charge >= 0.3 is 18.1 Å². The molecule has 1 aromatic heterocycles. The highest BCUT2D eigenvalue weighted by Crippen LogP contribution is 2.44. The first kappa shape index (κ1) is 36.4. The number of pyridine rings is 1. The van der Waals surface area contributed by atoms with E-state index in [-0.39, 0.29) is 34.2 Å². The molecule has 0 bridgehead atoms. The van der Waals surface area contributed by atoms with E-state index in [1.165, 1.54) is 68.5 Å². The van der Waals surface area contributed by atoms with E-state index in [1.54, 1.807) is 30.3 Å². The minimum Gasteiger partial charge on any atom is -0.495 e. The molecule has 1 aliphatic heterocycles. The molecular formula is C34H32ClF3N4O7S. The molecule has 3 N–H and O–H groups in total. The molecule has 1 fully saturated rings. The van der Waals surface area contributed by atoms with Gasteiger partial charge in [0.2, 0.25) is 5.91 Å². The number of ether oxygens (including phenoxy) is 2. The second kappa shape index (κ2) is 14.2. The second-order valence-corrected chi connectivity index (χ2v) is 14.7. The predicted molar refractivity (Wildman–Crippen MR) is 179 cm³/mol. The number of halogens is 4. The van der Waals surface area contributed by atoms with Gasteiger partial charge < -0.3 is 25.4 Å². The van der Waals surface area contributed by atoms with Crippen LogP contribution in [0.5, 0.6) is 5.75 Å². The van der Waals surface area contributed by atoms with Crippen molar-refractivity contribution in [2.24, 2.45) is 5.92 Å². The Kier molecular flexibility index (Phi) is 10.3. The predicted octanol–water partition coefficient (Wildman–Crippen LogP) is 6.04. The van der Waals surface area contributed by atoms with Crippen LogP contribution in [0.3, 0.4) is 0 Å². The zero-order chi connectivity index (χ0) is 36.5. The van der Waals surface area contributed by atoms with Gasteiger partial charge in [0.05, 0.1) is 34.2 Å². The number of carbonyl (C=O) groups excluding carboxylic acids is 3. The third kappa shape index (κ3) is 7.19. The summed E-state index contributed by atoms with van der Waals surface area (Å²) in [6.45, 7) is 2.68. The molecule has 5 rings (SSSR count). The number of rotatable bonds is 9. The number of benzene rings is 3. The highest BCUT2D eigenvalue weighted by molar-refractivity contribution is 7.92. The molecule has 2 heterocycles. The Bertz CT molecular complexity index is 2080. The minimum absolute atomic E-state index is 0.0189. The van der Waals surface area contributed by atoms with E-state index >= 15 is 0 Å². The Morgan fingerprint density at radius 2 is 1.78 bits per heavy atom. The number of alkyl halides is 3. The first-order chi connectivity index (χ1) is 23.5. The van der Waals surface area contributed by atoms with Crippen molar-refractivity contribution >= 4 is 61.6 Å². The van der Waals surface area contributed by atoms with Crippen molar-refractivity contribution in [2.75, 3.05) is 24.7 Å². The fourth-order valence-electron chi connectivity index (χ4n) is 5.90. The Hall–Kier alpha value is -4.89. The van der Waals surface area contributed by atoms with Gasteiger partial charge in [-0.05, 0) is 79.2 Å². The number of nitrogens with zero attached hydrogens (tertiary/aromatic N) is 2. The van der Waals surface area contributed by atoms with Crippen molar-refractivity contribution in [2.45, 2.75) is 48.7 Å². The number of fused-ring (bicyclic) bond motifs is 1. The second-order valence-electron chi connectivity index (χ2n) is 11.8. The summed E-state index contributed by atoms with van der Waals surface area (Å²) in [6.07, 6.45) is -4.19. The first-order valence-electron chi connectivity index (χ1n) is 15.2. The molecule has 2 unspecified atom stereocenters. The molecule has 1 amide bonds. The van der Waals surface area contributed by atoms with Crippen LogP contribution < -0.4 is 15.8 Å². The van der Waals surface area contributed by atoms with Crippen molar-refractivity contribution in [1.29, 1.82) is 0 Å². The van der Waals surface area contributed by atoms with Gasteiger partial charge in [-0.3, -0.25) is 9.59 Å². The van der Waals surface area contributed by atoms with Gasteiger partial charge in [0.25, 0.3) is 0 Å². The van der Waals surface area contributed by atoms with Crippen molar-refractivity contribution in [3.05, 3.63) is 89.1 Å². The summed E-state index contributed by atoms with van der Waals surface area (Å²) in [5.74, 6) is -5.97. The number of carbonyl (C=O) groups is 3. The van der Waals surface area contributed by atoms with E-state index in [0.29, 0.717) is 27.8 Å². The molecule has 1 saturated heterocycles. The summed E-state index contributed by atoms with van der Waals surface area (Å²) in [4.78, 5) is 44.8. The number of anilines is 2. The number of nitrogens with two attached hydrogens (primary N) is 1. The number of hydrogen-bond acceptors (Lipinski definition) is 10. The summed E-state index contributed by atoms with van der Waals surface area (Å²) in [5.41, 5.74) is 6.81. The van der Waals surface area contributed by atoms with E-state index in [2.05, 4.69) is 15.0 Å². The number of esters is 2. The molecule has 0 aliphatic carbocycles.